The van der Waals surface area contributed by atoms with E-state index in [1.54, 1.807) is 0 Å². The molecule has 4 nitrogen and oxygen atoms in total. The molecular weight excluding hydrogens is 319 g/mol. The number of nitrogens with zero attached hydrogens (tertiary/aromatic N) is 1. The van der Waals surface area contributed by atoms with E-state index in [0.717, 1.165) is 11.2 Å². The average Bonchev–Trinajstić information content (AvgIpc) is 2.58. The standard InChI is InChI=1S/C15H24BClN2O2S/c1-10(2)19(22-18)11-7-8-12(13(17)9-11)16-20-14(3,4)15(5,6)21-16/h7-10H,18H2,1-6H3. The predicted octanol–water partition coefficient (Wildman–Crippen LogP) is 3.38. The molecule has 0 unspecified atom stereocenters. The molecule has 1 aromatic rings. The number of rotatable bonds is 4. The van der Waals surface area contributed by atoms with Crippen LogP contribution in [-0.2, 0) is 9.31 Å². The van der Waals surface area contributed by atoms with Gasteiger partial charge in [0.25, 0.3) is 0 Å². The number of hydrogen-bond acceptors (Lipinski definition) is 5. The normalized spacial score (nSPS) is 19.8. The Bertz CT molecular complexity index is 538. The maximum Gasteiger partial charge on any atom is 0.496 e. The van der Waals surface area contributed by atoms with Crippen molar-refractivity contribution in [2.24, 2.45) is 5.14 Å². The maximum atomic E-state index is 6.46. The van der Waals surface area contributed by atoms with Crippen molar-refractivity contribution in [2.75, 3.05) is 4.31 Å². The summed E-state index contributed by atoms with van der Waals surface area (Å²) in [5.41, 5.74) is 1.05. The Morgan fingerprint density at radius 3 is 2.14 bits per heavy atom. The van der Waals surface area contributed by atoms with Crippen LogP contribution in [0.1, 0.15) is 41.5 Å². The molecule has 1 heterocycles. The first-order chi connectivity index (χ1) is 10.1. The minimum Gasteiger partial charge on any atom is -0.399 e. The van der Waals surface area contributed by atoms with Crippen molar-refractivity contribution in [2.45, 2.75) is 58.8 Å². The van der Waals surface area contributed by atoms with Crippen LogP contribution in [0.2, 0.25) is 5.02 Å². The fourth-order valence-electron chi connectivity index (χ4n) is 2.30. The summed E-state index contributed by atoms with van der Waals surface area (Å²) in [7, 11) is -0.454. The third-order valence-electron chi connectivity index (χ3n) is 4.33. The number of hydrogen-bond donors (Lipinski definition) is 1. The van der Waals surface area contributed by atoms with E-state index < -0.39 is 7.12 Å². The van der Waals surface area contributed by atoms with Crippen molar-refractivity contribution >= 4 is 42.0 Å². The van der Waals surface area contributed by atoms with Crippen molar-refractivity contribution in [1.82, 2.24) is 0 Å². The summed E-state index contributed by atoms with van der Waals surface area (Å²) in [5, 5.41) is 6.36. The Balaban J connectivity index is 2.28. The van der Waals surface area contributed by atoms with Gasteiger partial charge < -0.3 is 13.6 Å². The van der Waals surface area contributed by atoms with E-state index in [1.807, 2.05) is 50.2 Å². The molecule has 0 amide bonds. The summed E-state index contributed by atoms with van der Waals surface area (Å²) in [6.45, 7) is 12.3. The van der Waals surface area contributed by atoms with Crippen LogP contribution in [0.3, 0.4) is 0 Å². The van der Waals surface area contributed by atoms with Gasteiger partial charge >= 0.3 is 7.12 Å². The van der Waals surface area contributed by atoms with Crippen molar-refractivity contribution < 1.29 is 9.31 Å². The van der Waals surface area contributed by atoms with Crippen LogP contribution in [0, 0.1) is 0 Å². The van der Waals surface area contributed by atoms with Gasteiger partial charge in [-0.3, -0.25) is 5.14 Å². The largest absolute Gasteiger partial charge is 0.496 e. The molecule has 0 atom stereocenters. The SMILES string of the molecule is CC(C)N(SN)c1ccc(B2OC(C)(C)C(C)(C)O2)c(Cl)c1. The van der Waals surface area contributed by atoms with Gasteiger partial charge in [-0.1, -0.05) is 17.7 Å². The first-order valence-corrected chi connectivity index (χ1v) is 8.61. The molecule has 122 valence electrons. The molecule has 1 aliphatic rings. The van der Waals surface area contributed by atoms with Crippen molar-refractivity contribution in [3.05, 3.63) is 23.2 Å². The summed E-state index contributed by atoms with van der Waals surface area (Å²) < 4.78 is 14.1. The van der Waals surface area contributed by atoms with Crippen LogP contribution in [-0.4, -0.2) is 24.4 Å². The fourth-order valence-corrected chi connectivity index (χ4v) is 3.04. The maximum absolute atomic E-state index is 6.46. The number of benzene rings is 1. The van der Waals surface area contributed by atoms with Gasteiger partial charge in [-0.15, -0.1) is 0 Å². The highest BCUT2D eigenvalue weighted by Crippen LogP contribution is 2.37. The average molecular weight is 343 g/mol. The van der Waals surface area contributed by atoms with Gasteiger partial charge in [-0.25, -0.2) is 0 Å². The molecule has 1 fully saturated rings. The lowest BCUT2D eigenvalue weighted by Gasteiger charge is -2.32. The molecule has 1 aliphatic heterocycles. The van der Waals surface area contributed by atoms with Gasteiger partial charge in [-0.05, 0) is 53.7 Å². The van der Waals surface area contributed by atoms with Gasteiger partial charge in [0, 0.05) is 34.3 Å². The van der Waals surface area contributed by atoms with E-state index in [2.05, 4.69) is 13.8 Å². The fraction of sp³-hybridized carbons (Fsp3) is 0.600. The van der Waals surface area contributed by atoms with Gasteiger partial charge in [0.1, 0.15) is 0 Å². The quantitative estimate of drug-likeness (QED) is 0.671. The van der Waals surface area contributed by atoms with Crippen LogP contribution in [0.5, 0.6) is 0 Å². The van der Waals surface area contributed by atoms with Gasteiger partial charge in [-0.2, -0.15) is 0 Å². The topological polar surface area (TPSA) is 47.7 Å². The lowest BCUT2D eigenvalue weighted by Crippen LogP contribution is -2.41. The van der Waals surface area contributed by atoms with E-state index in [9.17, 15) is 0 Å². The first-order valence-electron chi connectivity index (χ1n) is 7.40. The first kappa shape index (κ1) is 18.0. The Labute approximate surface area is 143 Å². The highest BCUT2D eigenvalue weighted by Gasteiger charge is 2.52. The summed E-state index contributed by atoms with van der Waals surface area (Å²) in [5.74, 6) is 0. The number of halogens is 1. The van der Waals surface area contributed by atoms with E-state index in [0.29, 0.717) is 5.02 Å². The molecule has 2 N–H and O–H groups in total. The Morgan fingerprint density at radius 1 is 1.18 bits per heavy atom. The van der Waals surface area contributed by atoms with E-state index in [1.165, 1.54) is 12.1 Å². The number of anilines is 1. The molecule has 0 saturated carbocycles. The minimum atomic E-state index is -0.454. The molecule has 0 bridgehead atoms. The second-order valence-electron chi connectivity index (χ2n) is 6.82. The van der Waals surface area contributed by atoms with Gasteiger partial charge in [0.15, 0.2) is 0 Å². The molecule has 0 spiro atoms. The van der Waals surface area contributed by atoms with Crippen LogP contribution < -0.4 is 14.9 Å². The molecule has 1 saturated heterocycles. The molecular formula is C15H24BClN2O2S. The second kappa shape index (κ2) is 6.25. The Kier molecular flexibility index (Phi) is 5.10. The van der Waals surface area contributed by atoms with E-state index >= 15 is 0 Å². The third kappa shape index (κ3) is 3.26. The molecule has 1 aromatic carbocycles. The zero-order valence-corrected chi connectivity index (χ0v) is 15.6. The molecule has 22 heavy (non-hydrogen) atoms. The zero-order valence-electron chi connectivity index (χ0n) is 14.0. The lowest BCUT2D eigenvalue weighted by atomic mass is 9.79. The van der Waals surface area contributed by atoms with E-state index in [4.69, 9.17) is 26.0 Å². The lowest BCUT2D eigenvalue weighted by molar-refractivity contribution is 0.00578. The third-order valence-corrected chi connectivity index (χ3v) is 5.52. The minimum absolute atomic E-state index is 0.272. The Hall–Kier alpha value is -0.395. The molecule has 0 aliphatic carbocycles. The molecule has 0 aromatic heterocycles. The number of nitrogens with two attached hydrogens (primary N) is 1. The van der Waals surface area contributed by atoms with Crippen LogP contribution in [0.25, 0.3) is 0 Å². The van der Waals surface area contributed by atoms with Crippen LogP contribution in [0.4, 0.5) is 5.69 Å². The highest BCUT2D eigenvalue weighted by atomic mass is 35.5. The van der Waals surface area contributed by atoms with Crippen molar-refractivity contribution in [3.8, 4) is 0 Å². The van der Waals surface area contributed by atoms with E-state index in [-0.39, 0.29) is 17.2 Å². The summed E-state index contributed by atoms with van der Waals surface area (Å²) in [6.07, 6.45) is 0. The smallest absolute Gasteiger partial charge is 0.399 e. The predicted molar refractivity (Wildman–Crippen MR) is 96.6 cm³/mol. The second-order valence-corrected chi connectivity index (χ2v) is 7.83. The van der Waals surface area contributed by atoms with Crippen molar-refractivity contribution in [3.63, 3.8) is 0 Å². The van der Waals surface area contributed by atoms with Crippen LogP contribution >= 0.6 is 23.7 Å². The van der Waals surface area contributed by atoms with Crippen molar-refractivity contribution in [1.29, 1.82) is 0 Å². The van der Waals surface area contributed by atoms with Gasteiger partial charge in [0.2, 0.25) is 0 Å². The summed E-state index contributed by atoms with van der Waals surface area (Å²) in [4.78, 5) is 0. The highest BCUT2D eigenvalue weighted by molar-refractivity contribution is 7.98. The van der Waals surface area contributed by atoms with Gasteiger partial charge in [0.05, 0.1) is 11.2 Å². The molecule has 7 heteroatoms. The molecule has 2 rings (SSSR count). The summed E-state index contributed by atoms with van der Waals surface area (Å²) in [6, 6.07) is 6.12. The zero-order chi connectivity index (χ0) is 16.7. The monoisotopic (exact) mass is 342 g/mol. The Morgan fingerprint density at radius 2 is 1.73 bits per heavy atom. The summed E-state index contributed by atoms with van der Waals surface area (Å²) >= 11 is 7.65. The van der Waals surface area contributed by atoms with Crippen LogP contribution in [0.15, 0.2) is 18.2 Å². The molecule has 0 radical (unpaired) electrons.